The normalized spacial score (nSPS) is 22.7. The Morgan fingerprint density at radius 3 is 2.82 bits per heavy atom. The van der Waals surface area contributed by atoms with Crippen molar-refractivity contribution in [2.75, 3.05) is 13.8 Å². The molecule has 1 aliphatic heterocycles. The van der Waals surface area contributed by atoms with Gasteiger partial charge in [-0.2, -0.15) is 0 Å². The Morgan fingerprint density at radius 1 is 1.47 bits per heavy atom. The van der Waals surface area contributed by atoms with E-state index in [0.717, 1.165) is 12.1 Å². The first kappa shape index (κ1) is 12.3. The Balaban J connectivity index is 1.97. The maximum Gasteiger partial charge on any atom is 0.242 e. The van der Waals surface area contributed by atoms with E-state index >= 15 is 0 Å². The van der Waals surface area contributed by atoms with Crippen LogP contribution in [0.1, 0.15) is 12.0 Å². The molecule has 0 fully saturated rings. The second-order valence-electron chi connectivity index (χ2n) is 4.18. The number of rotatable bonds is 4. The lowest BCUT2D eigenvalue weighted by Gasteiger charge is -2.15. The largest absolute Gasteiger partial charge is 0.382 e. The van der Waals surface area contributed by atoms with E-state index in [0.29, 0.717) is 6.42 Å². The summed E-state index contributed by atoms with van der Waals surface area (Å²) in [4.78, 5) is 5.19. The van der Waals surface area contributed by atoms with Gasteiger partial charge < -0.3 is 9.36 Å². The summed E-state index contributed by atoms with van der Waals surface area (Å²) < 4.78 is 16.9. The lowest BCUT2D eigenvalue weighted by Crippen LogP contribution is -2.10. The zero-order valence-corrected chi connectivity index (χ0v) is 10.9. The molecule has 4 nitrogen and oxygen atoms in total. The quantitative estimate of drug-likeness (QED) is 0.775. The third-order valence-corrected chi connectivity index (χ3v) is 4.90. The van der Waals surface area contributed by atoms with Crippen molar-refractivity contribution in [3.63, 3.8) is 0 Å². The molecular formula is C12H16NO3P. The first-order valence-electron chi connectivity index (χ1n) is 5.50. The highest BCUT2D eigenvalue weighted by atomic mass is 31.2. The molecule has 1 heterocycles. The van der Waals surface area contributed by atoms with Gasteiger partial charge in [0.1, 0.15) is 0 Å². The minimum atomic E-state index is -2.70. The number of benzene rings is 1. The Bertz CT molecular complexity index is 458. The standard InChI is InChI=1S/C12H16NO3P/c1-15-17(2,14)12-9-11(13-16-12)8-10-6-4-3-5-7-10/h3-7,12H,8-9H2,1-2H3. The second kappa shape index (κ2) is 5.03. The van der Waals surface area contributed by atoms with E-state index in [9.17, 15) is 4.57 Å². The van der Waals surface area contributed by atoms with Crippen molar-refractivity contribution in [3.8, 4) is 0 Å². The van der Waals surface area contributed by atoms with Crippen molar-refractivity contribution in [1.82, 2.24) is 0 Å². The van der Waals surface area contributed by atoms with Gasteiger partial charge in [0.05, 0.1) is 5.71 Å². The molecule has 0 saturated heterocycles. The zero-order chi connectivity index (χ0) is 12.3. The zero-order valence-electron chi connectivity index (χ0n) is 10.00. The van der Waals surface area contributed by atoms with E-state index in [4.69, 9.17) is 9.36 Å². The van der Waals surface area contributed by atoms with Gasteiger partial charge >= 0.3 is 0 Å². The number of oxime groups is 1. The second-order valence-corrected chi connectivity index (χ2v) is 6.93. The van der Waals surface area contributed by atoms with Crippen LogP contribution in [0.4, 0.5) is 0 Å². The van der Waals surface area contributed by atoms with Crippen LogP contribution in [0.3, 0.4) is 0 Å². The first-order chi connectivity index (χ1) is 8.12. The molecule has 2 rings (SSSR count). The van der Waals surface area contributed by atoms with Gasteiger partial charge in [0.15, 0.2) is 0 Å². The summed E-state index contributed by atoms with van der Waals surface area (Å²) in [6.45, 7) is 1.58. The molecular weight excluding hydrogens is 237 g/mol. The smallest absolute Gasteiger partial charge is 0.242 e. The van der Waals surface area contributed by atoms with Gasteiger partial charge in [-0.1, -0.05) is 35.5 Å². The van der Waals surface area contributed by atoms with Crippen molar-refractivity contribution < 1.29 is 13.9 Å². The SMILES string of the molecule is COP(C)(=O)C1CC(Cc2ccccc2)=NO1. The van der Waals surface area contributed by atoms with Crippen molar-refractivity contribution >= 4 is 13.1 Å². The van der Waals surface area contributed by atoms with Crippen LogP contribution < -0.4 is 0 Å². The Kier molecular flexibility index (Phi) is 3.65. The molecule has 0 N–H and O–H groups in total. The van der Waals surface area contributed by atoms with Crippen LogP contribution in [0.25, 0.3) is 0 Å². The van der Waals surface area contributed by atoms with Gasteiger partial charge in [-0.15, -0.1) is 0 Å². The molecule has 1 aromatic rings. The molecule has 1 aliphatic rings. The minimum absolute atomic E-state index is 0.425. The van der Waals surface area contributed by atoms with Crippen molar-refractivity contribution in [1.29, 1.82) is 0 Å². The monoisotopic (exact) mass is 253 g/mol. The molecule has 0 aromatic heterocycles. The molecule has 0 bridgehead atoms. The summed E-state index contributed by atoms with van der Waals surface area (Å²) in [5, 5.41) is 3.99. The lowest BCUT2D eigenvalue weighted by molar-refractivity contribution is 0.128. The van der Waals surface area contributed by atoms with Gasteiger partial charge in [0.25, 0.3) is 0 Å². The van der Waals surface area contributed by atoms with Gasteiger partial charge in [-0.3, -0.25) is 4.57 Å². The number of nitrogens with zero attached hydrogens (tertiary/aromatic N) is 1. The van der Waals surface area contributed by atoms with Crippen LogP contribution in [0.5, 0.6) is 0 Å². The molecule has 0 radical (unpaired) electrons. The maximum atomic E-state index is 12.0. The van der Waals surface area contributed by atoms with Crippen LogP contribution in [0, 0.1) is 0 Å². The number of hydrogen-bond donors (Lipinski definition) is 0. The predicted molar refractivity (Wildman–Crippen MR) is 67.6 cm³/mol. The van der Waals surface area contributed by atoms with Gasteiger partial charge in [0.2, 0.25) is 13.2 Å². The topological polar surface area (TPSA) is 47.9 Å². The van der Waals surface area contributed by atoms with Crippen LogP contribution in [-0.2, 0) is 20.3 Å². The summed E-state index contributed by atoms with van der Waals surface area (Å²) in [5.74, 6) is -0.425. The third-order valence-electron chi connectivity index (χ3n) is 2.85. The van der Waals surface area contributed by atoms with E-state index in [1.54, 1.807) is 6.66 Å². The molecule has 0 spiro atoms. The molecule has 0 amide bonds. The number of hydrogen-bond acceptors (Lipinski definition) is 4. The van der Waals surface area contributed by atoms with Crippen molar-refractivity contribution in [3.05, 3.63) is 35.9 Å². The fourth-order valence-electron chi connectivity index (χ4n) is 1.72. The minimum Gasteiger partial charge on any atom is -0.382 e. The molecule has 17 heavy (non-hydrogen) atoms. The van der Waals surface area contributed by atoms with Crippen LogP contribution in [-0.4, -0.2) is 25.3 Å². The van der Waals surface area contributed by atoms with E-state index in [2.05, 4.69) is 5.16 Å². The van der Waals surface area contributed by atoms with Crippen LogP contribution in [0.2, 0.25) is 0 Å². The highest BCUT2D eigenvalue weighted by molar-refractivity contribution is 7.58. The highest BCUT2D eigenvalue weighted by Gasteiger charge is 2.35. The average Bonchev–Trinajstić information content (AvgIpc) is 2.80. The lowest BCUT2D eigenvalue weighted by atomic mass is 10.1. The summed E-state index contributed by atoms with van der Waals surface area (Å²) in [5.41, 5.74) is 2.10. The highest BCUT2D eigenvalue weighted by Crippen LogP contribution is 2.50. The molecule has 1 aromatic carbocycles. The van der Waals surface area contributed by atoms with E-state index in [1.165, 1.54) is 12.7 Å². The van der Waals surface area contributed by atoms with Gasteiger partial charge in [0, 0.05) is 26.6 Å². The predicted octanol–water partition coefficient (Wildman–Crippen LogP) is 2.89. The first-order valence-corrected chi connectivity index (χ1v) is 7.64. The molecule has 5 heteroatoms. The Labute approximate surface area is 101 Å². The summed E-state index contributed by atoms with van der Waals surface area (Å²) >= 11 is 0. The van der Waals surface area contributed by atoms with Crippen molar-refractivity contribution in [2.24, 2.45) is 5.16 Å². The molecule has 2 atom stereocenters. The molecule has 0 saturated carbocycles. The van der Waals surface area contributed by atoms with Crippen LogP contribution >= 0.6 is 7.37 Å². The summed E-state index contributed by atoms with van der Waals surface area (Å²) in [7, 11) is -1.26. The van der Waals surface area contributed by atoms with E-state index in [-0.39, 0.29) is 0 Å². The summed E-state index contributed by atoms with van der Waals surface area (Å²) in [6, 6.07) is 10.0. The molecule has 0 aliphatic carbocycles. The van der Waals surface area contributed by atoms with E-state index in [1.807, 2.05) is 30.3 Å². The Hall–Kier alpha value is -1.12. The Morgan fingerprint density at radius 2 is 2.18 bits per heavy atom. The fourth-order valence-corrected chi connectivity index (χ4v) is 2.71. The molecule has 2 unspecified atom stereocenters. The third kappa shape index (κ3) is 2.96. The fraction of sp³-hybridized carbons (Fsp3) is 0.417. The van der Waals surface area contributed by atoms with E-state index < -0.39 is 13.2 Å². The maximum absolute atomic E-state index is 12.0. The molecule has 92 valence electrons. The van der Waals surface area contributed by atoms with Gasteiger partial charge in [-0.25, -0.2) is 0 Å². The van der Waals surface area contributed by atoms with Crippen LogP contribution in [0.15, 0.2) is 35.5 Å². The van der Waals surface area contributed by atoms with Crippen molar-refractivity contribution in [2.45, 2.75) is 18.7 Å². The summed E-state index contributed by atoms with van der Waals surface area (Å²) in [6.07, 6.45) is 1.32. The van der Waals surface area contributed by atoms with Gasteiger partial charge in [-0.05, 0) is 5.56 Å². The average molecular weight is 253 g/mol.